The summed E-state index contributed by atoms with van der Waals surface area (Å²) in [4.78, 5) is 25.5. The van der Waals surface area contributed by atoms with Crippen molar-refractivity contribution in [3.05, 3.63) is 61.3 Å². The average Bonchev–Trinajstić information content (AvgIpc) is 3.62. The van der Waals surface area contributed by atoms with Crippen LogP contribution in [0.1, 0.15) is 26.2 Å². The second-order valence-corrected chi connectivity index (χ2v) is 9.22. The lowest BCUT2D eigenvalue weighted by Crippen LogP contribution is -2.45. The fourth-order valence-corrected chi connectivity index (χ4v) is 4.68. The number of likely N-dealkylation sites (tertiary alicyclic amines) is 1. The van der Waals surface area contributed by atoms with Crippen molar-refractivity contribution in [3.63, 3.8) is 0 Å². The third-order valence-electron chi connectivity index (χ3n) is 6.84. The number of anilines is 3. The van der Waals surface area contributed by atoms with Crippen LogP contribution in [-0.4, -0.2) is 54.1 Å². The molecule has 9 nitrogen and oxygen atoms in total. The van der Waals surface area contributed by atoms with Crippen LogP contribution in [0.3, 0.4) is 0 Å². The van der Waals surface area contributed by atoms with Gasteiger partial charge in [-0.15, -0.1) is 0 Å². The number of amides is 1. The number of para-hydroxylation sites is 1. The van der Waals surface area contributed by atoms with Gasteiger partial charge in [-0.2, -0.15) is 0 Å². The number of ether oxygens (including phenoxy) is 1. The molecular formula is C28H31N5O4. The molecule has 0 bridgehead atoms. The first-order valence-electron chi connectivity index (χ1n) is 12.4. The minimum Gasteiger partial charge on any atom is -0.496 e. The van der Waals surface area contributed by atoms with E-state index < -0.39 is 0 Å². The van der Waals surface area contributed by atoms with E-state index in [0.717, 1.165) is 41.9 Å². The molecule has 5 rings (SSSR count). The molecule has 1 unspecified atom stereocenters. The number of hydrogen-bond donors (Lipinski definition) is 1. The molecule has 2 aromatic carbocycles. The molecule has 1 fully saturated rings. The summed E-state index contributed by atoms with van der Waals surface area (Å²) < 4.78 is 17.0. The first-order chi connectivity index (χ1) is 18.0. The molecular weight excluding hydrogens is 470 g/mol. The van der Waals surface area contributed by atoms with E-state index in [1.165, 1.54) is 12.8 Å². The van der Waals surface area contributed by atoms with E-state index in [4.69, 9.17) is 13.6 Å². The van der Waals surface area contributed by atoms with Crippen LogP contribution in [0.4, 0.5) is 17.4 Å². The first kappa shape index (κ1) is 24.6. The zero-order valence-corrected chi connectivity index (χ0v) is 21.3. The number of oxazole rings is 2. The lowest BCUT2D eigenvalue weighted by atomic mass is 10.0. The molecule has 3 heterocycles. The number of benzene rings is 2. The van der Waals surface area contributed by atoms with Gasteiger partial charge in [-0.05, 0) is 50.6 Å². The van der Waals surface area contributed by atoms with E-state index in [1.54, 1.807) is 24.4 Å². The Labute approximate surface area is 216 Å². The summed E-state index contributed by atoms with van der Waals surface area (Å²) in [5, 5.41) is 3.18. The zero-order valence-electron chi connectivity index (χ0n) is 21.3. The Morgan fingerprint density at radius 2 is 2.03 bits per heavy atom. The Morgan fingerprint density at radius 3 is 2.81 bits per heavy atom. The largest absolute Gasteiger partial charge is 0.496 e. The molecule has 0 spiro atoms. The summed E-state index contributed by atoms with van der Waals surface area (Å²) >= 11 is 0. The predicted molar refractivity (Wildman–Crippen MR) is 142 cm³/mol. The van der Waals surface area contributed by atoms with Crippen molar-refractivity contribution >= 4 is 23.3 Å². The maximum atomic E-state index is 13.2. The minimum absolute atomic E-state index is 0.0537. The second kappa shape index (κ2) is 10.9. The Balaban J connectivity index is 1.33. The van der Waals surface area contributed by atoms with E-state index in [1.807, 2.05) is 49.5 Å². The van der Waals surface area contributed by atoms with Crippen LogP contribution >= 0.6 is 0 Å². The second-order valence-electron chi connectivity index (χ2n) is 9.22. The molecule has 0 aliphatic carbocycles. The number of rotatable bonds is 8. The van der Waals surface area contributed by atoms with Crippen LogP contribution in [0, 0.1) is 0 Å². The molecule has 37 heavy (non-hydrogen) atoms. The predicted octanol–water partition coefficient (Wildman–Crippen LogP) is 5.59. The third kappa shape index (κ3) is 5.36. The van der Waals surface area contributed by atoms with Crippen molar-refractivity contribution < 1.29 is 18.4 Å². The smallest absolute Gasteiger partial charge is 0.299 e. The lowest BCUT2D eigenvalue weighted by Gasteiger charge is -2.34. The molecule has 1 saturated heterocycles. The Morgan fingerprint density at radius 1 is 1.16 bits per heavy atom. The molecule has 2 aromatic heterocycles. The zero-order chi connectivity index (χ0) is 25.8. The molecule has 1 atom stereocenters. The van der Waals surface area contributed by atoms with E-state index in [2.05, 4.69) is 27.1 Å². The van der Waals surface area contributed by atoms with Crippen LogP contribution in [0.5, 0.6) is 5.75 Å². The summed E-state index contributed by atoms with van der Waals surface area (Å²) in [7, 11) is 3.41. The first-order valence-corrected chi connectivity index (χ1v) is 12.4. The van der Waals surface area contributed by atoms with Gasteiger partial charge in [0.2, 0.25) is 5.91 Å². The van der Waals surface area contributed by atoms with Crippen molar-refractivity contribution in [2.75, 3.05) is 37.5 Å². The fourth-order valence-electron chi connectivity index (χ4n) is 4.68. The fraction of sp³-hybridized carbons (Fsp3) is 0.321. The maximum absolute atomic E-state index is 13.2. The number of nitrogens with zero attached hydrogens (tertiary/aromatic N) is 4. The monoisotopic (exact) mass is 501 g/mol. The van der Waals surface area contributed by atoms with E-state index >= 15 is 0 Å². The quantitative estimate of drug-likeness (QED) is 0.334. The number of likely N-dealkylation sites (N-methyl/N-ethyl adjacent to an activating group) is 1. The normalized spacial score (nSPS) is 15.9. The van der Waals surface area contributed by atoms with Crippen molar-refractivity contribution in [1.29, 1.82) is 0 Å². The SMILES string of the molecule is COc1cc(Nc2ncc(-c3ccccc3N(C)C(=O)CN3CCCCC3C)o2)ccc1-c1cnco1. The van der Waals surface area contributed by atoms with Gasteiger partial charge >= 0.3 is 0 Å². The van der Waals surface area contributed by atoms with Crippen molar-refractivity contribution in [1.82, 2.24) is 14.9 Å². The highest BCUT2D eigenvalue weighted by molar-refractivity contribution is 5.98. The van der Waals surface area contributed by atoms with Gasteiger partial charge in [0.05, 0.1) is 37.3 Å². The molecule has 0 radical (unpaired) electrons. The van der Waals surface area contributed by atoms with Crippen LogP contribution in [0.25, 0.3) is 22.6 Å². The minimum atomic E-state index is 0.0537. The van der Waals surface area contributed by atoms with Gasteiger partial charge in [0.1, 0.15) is 5.75 Å². The summed E-state index contributed by atoms with van der Waals surface area (Å²) in [6, 6.07) is 14.1. The molecule has 9 heteroatoms. The summed E-state index contributed by atoms with van der Waals surface area (Å²) in [6.45, 7) is 3.56. The Bertz CT molecular complexity index is 1350. The van der Waals surface area contributed by atoms with Gasteiger partial charge in [0, 0.05) is 30.4 Å². The van der Waals surface area contributed by atoms with Gasteiger partial charge in [-0.3, -0.25) is 9.69 Å². The number of hydrogen-bond acceptors (Lipinski definition) is 8. The van der Waals surface area contributed by atoms with Crippen molar-refractivity contribution in [2.24, 2.45) is 0 Å². The van der Waals surface area contributed by atoms with Crippen LogP contribution in [-0.2, 0) is 4.79 Å². The number of carbonyl (C=O) groups is 1. The van der Waals surface area contributed by atoms with Gasteiger partial charge in [0.25, 0.3) is 6.01 Å². The molecule has 1 aliphatic rings. The van der Waals surface area contributed by atoms with E-state index in [-0.39, 0.29) is 5.91 Å². The van der Waals surface area contributed by atoms with Gasteiger partial charge in [-0.25, -0.2) is 9.97 Å². The molecule has 1 amide bonds. The molecule has 0 saturated carbocycles. The Kier molecular flexibility index (Phi) is 7.23. The summed E-state index contributed by atoms with van der Waals surface area (Å²) in [6.07, 6.45) is 8.18. The highest BCUT2D eigenvalue weighted by Crippen LogP contribution is 2.35. The van der Waals surface area contributed by atoms with E-state index in [0.29, 0.717) is 35.9 Å². The molecule has 192 valence electrons. The highest BCUT2D eigenvalue weighted by Gasteiger charge is 2.24. The van der Waals surface area contributed by atoms with Crippen LogP contribution in [0.15, 0.2) is 70.1 Å². The standard InChI is InChI=1S/C28H31N5O4/c1-19-8-6-7-13-33(19)17-27(34)32(2)23-10-5-4-9-21(23)26-16-30-28(37-26)31-20-11-12-22(24(14-20)35-3)25-15-29-18-36-25/h4-5,9-12,14-16,18-19H,6-8,13,17H2,1-3H3,(H,30,31). The number of piperidine rings is 1. The average molecular weight is 502 g/mol. The van der Waals surface area contributed by atoms with Gasteiger partial charge in [-0.1, -0.05) is 18.6 Å². The topological polar surface area (TPSA) is 96.9 Å². The highest BCUT2D eigenvalue weighted by atomic mass is 16.5. The van der Waals surface area contributed by atoms with Gasteiger partial charge < -0.3 is 23.8 Å². The summed E-state index contributed by atoms with van der Waals surface area (Å²) in [5.41, 5.74) is 3.10. The number of nitrogens with one attached hydrogen (secondary N) is 1. The molecule has 1 N–H and O–H groups in total. The van der Waals surface area contributed by atoms with Crippen molar-refractivity contribution in [3.8, 4) is 28.4 Å². The molecule has 4 aromatic rings. The van der Waals surface area contributed by atoms with Crippen LogP contribution < -0.4 is 15.0 Å². The lowest BCUT2D eigenvalue weighted by molar-refractivity contribution is -0.120. The van der Waals surface area contributed by atoms with Crippen molar-refractivity contribution in [2.45, 2.75) is 32.2 Å². The molecule has 1 aliphatic heterocycles. The van der Waals surface area contributed by atoms with E-state index in [9.17, 15) is 4.79 Å². The Hall–Kier alpha value is -4.11. The third-order valence-corrected chi connectivity index (χ3v) is 6.84. The number of methoxy groups -OCH3 is 1. The van der Waals surface area contributed by atoms with Gasteiger partial charge in [0.15, 0.2) is 17.9 Å². The summed E-state index contributed by atoms with van der Waals surface area (Å²) in [5.74, 6) is 1.86. The van der Waals surface area contributed by atoms with Crippen LogP contribution in [0.2, 0.25) is 0 Å². The number of aromatic nitrogens is 2. The maximum Gasteiger partial charge on any atom is 0.299 e. The number of carbonyl (C=O) groups excluding carboxylic acids is 1.